The standard InChI is InChI=1S/C12H10N4OS/c1-16-4-5-18-12(16)15-11(17)8-2-3-9-10(6-8)14-7-13-9/h2-7H,1H3,(H,13,14). The largest absolute Gasteiger partial charge is 0.345 e. The maximum atomic E-state index is 12.0. The Balaban J connectivity index is 2.04. The molecule has 0 spiro atoms. The molecule has 2 aromatic heterocycles. The van der Waals surface area contributed by atoms with Crippen molar-refractivity contribution < 1.29 is 4.79 Å². The van der Waals surface area contributed by atoms with E-state index in [4.69, 9.17) is 0 Å². The van der Waals surface area contributed by atoms with Crippen LogP contribution in [0.1, 0.15) is 10.4 Å². The van der Waals surface area contributed by atoms with Gasteiger partial charge in [-0.1, -0.05) is 0 Å². The molecular formula is C12H10N4OS. The molecule has 0 aliphatic carbocycles. The normalized spacial score (nSPS) is 12.2. The lowest BCUT2D eigenvalue weighted by atomic mass is 10.2. The van der Waals surface area contributed by atoms with Gasteiger partial charge in [0.05, 0.1) is 17.4 Å². The number of fused-ring (bicyclic) bond motifs is 1. The number of H-pyrrole nitrogens is 1. The van der Waals surface area contributed by atoms with Crippen LogP contribution >= 0.6 is 11.3 Å². The molecule has 0 aliphatic rings. The second-order valence-electron chi connectivity index (χ2n) is 3.85. The summed E-state index contributed by atoms with van der Waals surface area (Å²) in [6.07, 6.45) is 3.48. The summed E-state index contributed by atoms with van der Waals surface area (Å²) in [7, 11) is 1.86. The van der Waals surface area contributed by atoms with Gasteiger partial charge in [-0.25, -0.2) is 4.98 Å². The average Bonchev–Trinajstić information content (AvgIpc) is 2.98. The Labute approximate surface area is 106 Å². The number of imidazole rings is 1. The lowest BCUT2D eigenvalue weighted by molar-refractivity contribution is 0.0998. The van der Waals surface area contributed by atoms with Crippen LogP contribution in [0.25, 0.3) is 11.0 Å². The van der Waals surface area contributed by atoms with Crippen molar-refractivity contribution in [3.8, 4) is 0 Å². The van der Waals surface area contributed by atoms with E-state index < -0.39 is 0 Å². The van der Waals surface area contributed by atoms with Crippen molar-refractivity contribution in [2.75, 3.05) is 0 Å². The minimum Gasteiger partial charge on any atom is -0.345 e. The Morgan fingerprint density at radius 2 is 2.39 bits per heavy atom. The molecule has 1 amide bonds. The zero-order chi connectivity index (χ0) is 12.5. The molecule has 0 saturated heterocycles. The van der Waals surface area contributed by atoms with E-state index in [-0.39, 0.29) is 5.91 Å². The predicted molar refractivity (Wildman–Crippen MR) is 69.3 cm³/mol. The minimum atomic E-state index is -0.246. The molecule has 0 radical (unpaired) electrons. The second kappa shape index (κ2) is 4.23. The van der Waals surface area contributed by atoms with Gasteiger partial charge in [0.2, 0.25) is 0 Å². The fourth-order valence-corrected chi connectivity index (χ4v) is 2.38. The molecule has 3 rings (SSSR count). The van der Waals surface area contributed by atoms with Crippen molar-refractivity contribution in [3.63, 3.8) is 0 Å². The van der Waals surface area contributed by atoms with Crippen LogP contribution in [0.5, 0.6) is 0 Å². The highest BCUT2D eigenvalue weighted by Gasteiger charge is 2.06. The van der Waals surface area contributed by atoms with Gasteiger partial charge in [0.15, 0.2) is 4.80 Å². The molecule has 1 aromatic carbocycles. The molecule has 90 valence electrons. The molecule has 1 N–H and O–H groups in total. The van der Waals surface area contributed by atoms with Crippen molar-refractivity contribution >= 4 is 28.3 Å². The van der Waals surface area contributed by atoms with Crippen LogP contribution in [-0.2, 0) is 7.05 Å². The highest BCUT2D eigenvalue weighted by atomic mass is 32.1. The van der Waals surface area contributed by atoms with E-state index in [9.17, 15) is 4.79 Å². The maximum Gasteiger partial charge on any atom is 0.279 e. The number of nitrogens with zero attached hydrogens (tertiary/aromatic N) is 3. The summed E-state index contributed by atoms with van der Waals surface area (Å²) in [4.78, 5) is 23.9. The minimum absolute atomic E-state index is 0.246. The summed E-state index contributed by atoms with van der Waals surface area (Å²) in [5, 5.41) is 1.89. The lowest BCUT2D eigenvalue weighted by Gasteiger charge is -1.95. The first-order valence-corrected chi connectivity index (χ1v) is 6.24. The molecule has 0 atom stereocenters. The molecular weight excluding hydrogens is 248 g/mol. The summed E-state index contributed by atoms with van der Waals surface area (Å²) in [5.74, 6) is -0.246. The van der Waals surface area contributed by atoms with Crippen molar-refractivity contribution in [1.82, 2.24) is 14.5 Å². The number of thiazole rings is 1. The fourth-order valence-electron chi connectivity index (χ4n) is 1.65. The number of carbonyl (C=O) groups is 1. The van der Waals surface area contributed by atoms with Gasteiger partial charge in [-0.3, -0.25) is 4.79 Å². The van der Waals surface area contributed by atoms with Gasteiger partial charge in [-0.2, -0.15) is 4.99 Å². The summed E-state index contributed by atoms with van der Waals surface area (Å²) in [5.41, 5.74) is 2.24. The van der Waals surface area contributed by atoms with E-state index >= 15 is 0 Å². The highest BCUT2D eigenvalue weighted by molar-refractivity contribution is 7.07. The Bertz CT molecular complexity index is 780. The van der Waals surface area contributed by atoms with E-state index in [1.165, 1.54) is 11.3 Å². The van der Waals surface area contributed by atoms with Crippen LogP contribution in [0.15, 0.2) is 41.1 Å². The van der Waals surface area contributed by atoms with Gasteiger partial charge in [0.25, 0.3) is 5.91 Å². The number of hydrogen-bond acceptors (Lipinski definition) is 3. The van der Waals surface area contributed by atoms with Crippen LogP contribution in [0.4, 0.5) is 0 Å². The molecule has 0 fully saturated rings. The number of rotatable bonds is 1. The molecule has 6 heteroatoms. The third kappa shape index (κ3) is 1.86. The Morgan fingerprint density at radius 1 is 1.50 bits per heavy atom. The summed E-state index contributed by atoms with van der Waals surface area (Å²) < 4.78 is 1.82. The number of aryl methyl sites for hydroxylation is 1. The number of amides is 1. The highest BCUT2D eigenvalue weighted by Crippen LogP contribution is 2.12. The van der Waals surface area contributed by atoms with E-state index in [2.05, 4.69) is 15.0 Å². The van der Waals surface area contributed by atoms with Crippen molar-refractivity contribution in [2.45, 2.75) is 0 Å². The second-order valence-corrected chi connectivity index (χ2v) is 4.72. The number of aromatic nitrogens is 3. The molecule has 0 unspecified atom stereocenters. The molecule has 18 heavy (non-hydrogen) atoms. The number of benzene rings is 1. The van der Waals surface area contributed by atoms with Crippen LogP contribution in [0, 0.1) is 0 Å². The van der Waals surface area contributed by atoms with E-state index in [0.717, 1.165) is 11.0 Å². The van der Waals surface area contributed by atoms with E-state index in [1.807, 2.05) is 29.3 Å². The van der Waals surface area contributed by atoms with Gasteiger partial charge in [-0.05, 0) is 18.2 Å². The molecule has 0 saturated carbocycles. The maximum absolute atomic E-state index is 12.0. The quantitative estimate of drug-likeness (QED) is 0.722. The van der Waals surface area contributed by atoms with Gasteiger partial charge in [-0.15, -0.1) is 11.3 Å². The van der Waals surface area contributed by atoms with Crippen LogP contribution in [-0.4, -0.2) is 20.4 Å². The van der Waals surface area contributed by atoms with Crippen LogP contribution in [0.3, 0.4) is 0 Å². The van der Waals surface area contributed by atoms with Crippen LogP contribution in [0.2, 0.25) is 0 Å². The fraction of sp³-hybridized carbons (Fsp3) is 0.0833. The zero-order valence-corrected chi connectivity index (χ0v) is 10.4. The molecule has 2 heterocycles. The number of carbonyl (C=O) groups excluding carboxylic acids is 1. The number of hydrogen-bond donors (Lipinski definition) is 1. The monoisotopic (exact) mass is 258 g/mol. The van der Waals surface area contributed by atoms with Gasteiger partial charge in [0.1, 0.15) is 0 Å². The zero-order valence-electron chi connectivity index (χ0n) is 9.62. The summed E-state index contributed by atoms with van der Waals surface area (Å²) >= 11 is 1.43. The first kappa shape index (κ1) is 10.9. The third-order valence-corrected chi connectivity index (χ3v) is 3.47. The molecule has 3 aromatic rings. The van der Waals surface area contributed by atoms with E-state index in [1.54, 1.807) is 18.5 Å². The SMILES string of the molecule is Cn1ccsc1=NC(=O)c1ccc2nc[nH]c2c1. The van der Waals surface area contributed by atoms with Gasteiger partial charge in [0, 0.05) is 24.2 Å². The average molecular weight is 258 g/mol. The summed E-state index contributed by atoms with van der Waals surface area (Å²) in [6, 6.07) is 5.31. The number of aromatic amines is 1. The van der Waals surface area contributed by atoms with Crippen molar-refractivity contribution in [3.05, 3.63) is 46.5 Å². The van der Waals surface area contributed by atoms with Gasteiger partial charge < -0.3 is 9.55 Å². The van der Waals surface area contributed by atoms with Crippen LogP contribution < -0.4 is 4.80 Å². The Kier molecular flexibility index (Phi) is 2.56. The smallest absolute Gasteiger partial charge is 0.279 e. The van der Waals surface area contributed by atoms with Crippen molar-refractivity contribution in [1.29, 1.82) is 0 Å². The third-order valence-electron chi connectivity index (χ3n) is 2.62. The predicted octanol–water partition coefficient (Wildman–Crippen LogP) is 1.70. The Hall–Kier alpha value is -2.21. The van der Waals surface area contributed by atoms with Crippen molar-refractivity contribution in [2.24, 2.45) is 12.0 Å². The first-order chi connectivity index (χ1) is 8.74. The molecule has 5 nitrogen and oxygen atoms in total. The Morgan fingerprint density at radius 3 is 3.17 bits per heavy atom. The molecule has 0 bridgehead atoms. The molecule has 0 aliphatic heterocycles. The topological polar surface area (TPSA) is 63.0 Å². The van der Waals surface area contributed by atoms with Gasteiger partial charge >= 0.3 is 0 Å². The number of nitrogens with one attached hydrogen (secondary N) is 1. The summed E-state index contributed by atoms with van der Waals surface area (Å²) in [6.45, 7) is 0. The first-order valence-electron chi connectivity index (χ1n) is 5.36. The lowest BCUT2D eigenvalue weighted by Crippen LogP contribution is -2.12. The van der Waals surface area contributed by atoms with E-state index in [0.29, 0.717) is 10.4 Å².